The lowest BCUT2D eigenvalue weighted by molar-refractivity contribution is -0.139. The molecule has 2 aliphatic heterocycles. The second-order valence-corrected chi connectivity index (χ2v) is 10.2. The van der Waals surface area contributed by atoms with Gasteiger partial charge in [0.2, 0.25) is 5.91 Å². The summed E-state index contributed by atoms with van der Waals surface area (Å²) >= 11 is 9.52. The Labute approximate surface area is 220 Å². The Morgan fingerprint density at radius 1 is 0.944 bits per heavy atom. The van der Waals surface area contributed by atoms with E-state index in [0.29, 0.717) is 37.6 Å². The van der Waals surface area contributed by atoms with Crippen molar-refractivity contribution in [1.29, 1.82) is 0 Å². The number of hydrogen-bond acceptors (Lipinski definition) is 5. The van der Waals surface area contributed by atoms with Gasteiger partial charge in [-0.25, -0.2) is 4.90 Å². The second kappa shape index (κ2) is 9.19. The Bertz CT molecular complexity index is 1470. The Hall–Kier alpha value is -3.49. The van der Waals surface area contributed by atoms with Crippen molar-refractivity contribution in [2.45, 2.75) is 20.3 Å². The summed E-state index contributed by atoms with van der Waals surface area (Å²) in [5.41, 5.74) is 3.20. The standard InChI is InChI=1S/C27H20BrClN2O5/c1-14-3-5-18(12-22(14)29)30-13-16(10-24(30)32)27(35)36-19-6-8-23(15(2)9-19)31-25(33)20-7-4-17(28)11-21(20)26(31)34/h3-9,11-12,16H,10,13H2,1-2H3/t16-/m1/s1. The number of carbonyl (C=O) groups is 4. The van der Waals surface area contributed by atoms with E-state index in [1.165, 1.54) is 11.0 Å². The van der Waals surface area contributed by atoms with Gasteiger partial charge >= 0.3 is 5.97 Å². The van der Waals surface area contributed by atoms with Gasteiger partial charge in [-0.2, -0.15) is 0 Å². The quantitative estimate of drug-likeness (QED) is 0.237. The van der Waals surface area contributed by atoms with E-state index < -0.39 is 23.7 Å². The molecular formula is C27H20BrClN2O5. The first-order valence-electron chi connectivity index (χ1n) is 11.2. The normalized spacial score (nSPS) is 17.1. The SMILES string of the molecule is Cc1ccc(N2C[C@H](C(=O)Oc3ccc(N4C(=O)c5ccc(Br)cc5C4=O)c(C)c3)CC2=O)cc1Cl. The highest BCUT2D eigenvalue weighted by Gasteiger charge is 2.38. The summed E-state index contributed by atoms with van der Waals surface area (Å²) in [4.78, 5) is 53.9. The van der Waals surface area contributed by atoms with Gasteiger partial charge in [0.1, 0.15) is 5.75 Å². The predicted molar refractivity (Wildman–Crippen MR) is 139 cm³/mol. The molecule has 0 spiro atoms. The molecule has 3 amide bonds. The third-order valence-corrected chi connectivity index (χ3v) is 7.30. The topological polar surface area (TPSA) is 84.0 Å². The highest BCUT2D eigenvalue weighted by molar-refractivity contribution is 9.10. The molecule has 9 heteroatoms. The molecule has 7 nitrogen and oxygen atoms in total. The van der Waals surface area contributed by atoms with Crippen molar-refractivity contribution in [2.24, 2.45) is 5.92 Å². The fraction of sp³-hybridized carbons (Fsp3) is 0.185. The first-order valence-corrected chi connectivity index (χ1v) is 12.4. The largest absolute Gasteiger partial charge is 0.426 e. The summed E-state index contributed by atoms with van der Waals surface area (Å²) in [5.74, 6) is -1.89. The average molecular weight is 568 g/mol. The zero-order valence-electron chi connectivity index (χ0n) is 19.4. The Morgan fingerprint density at radius 2 is 1.69 bits per heavy atom. The van der Waals surface area contributed by atoms with Gasteiger partial charge in [-0.05, 0) is 73.5 Å². The van der Waals surface area contributed by atoms with Gasteiger partial charge in [0.25, 0.3) is 11.8 Å². The van der Waals surface area contributed by atoms with E-state index in [1.54, 1.807) is 49.4 Å². The summed E-state index contributed by atoms with van der Waals surface area (Å²) in [6, 6.07) is 15.0. The maximum atomic E-state index is 12.9. The summed E-state index contributed by atoms with van der Waals surface area (Å²) in [7, 11) is 0. The minimum atomic E-state index is -0.632. The number of amides is 3. The molecular weight excluding hydrogens is 548 g/mol. The Balaban J connectivity index is 1.30. The van der Waals surface area contributed by atoms with Gasteiger partial charge in [0.05, 0.1) is 22.7 Å². The van der Waals surface area contributed by atoms with E-state index >= 15 is 0 Å². The van der Waals surface area contributed by atoms with Gasteiger partial charge < -0.3 is 9.64 Å². The van der Waals surface area contributed by atoms with E-state index in [0.717, 1.165) is 10.5 Å². The highest BCUT2D eigenvalue weighted by Crippen LogP contribution is 2.34. The fourth-order valence-corrected chi connectivity index (χ4v) is 4.97. The molecule has 182 valence electrons. The van der Waals surface area contributed by atoms with Crippen molar-refractivity contribution < 1.29 is 23.9 Å². The molecule has 36 heavy (non-hydrogen) atoms. The second-order valence-electron chi connectivity index (χ2n) is 8.84. The molecule has 1 saturated heterocycles. The molecule has 0 radical (unpaired) electrons. The number of carbonyl (C=O) groups excluding carboxylic acids is 4. The lowest BCUT2D eigenvalue weighted by Crippen LogP contribution is -2.30. The number of esters is 1. The predicted octanol–water partition coefficient (Wildman–Crippen LogP) is 5.48. The number of rotatable bonds is 4. The number of anilines is 2. The molecule has 0 bridgehead atoms. The summed E-state index contributed by atoms with van der Waals surface area (Å²) < 4.78 is 6.27. The van der Waals surface area contributed by atoms with Crippen LogP contribution < -0.4 is 14.5 Å². The van der Waals surface area contributed by atoms with Crippen LogP contribution in [0.4, 0.5) is 11.4 Å². The maximum absolute atomic E-state index is 12.9. The first-order chi connectivity index (χ1) is 17.1. The molecule has 5 rings (SSSR count). The van der Waals surface area contributed by atoms with Crippen LogP contribution in [0.25, 0.3) is 0 Å². The molecule has 3 aromatic carbocycles. The maximum Gasteiger partial charge on any atom is 0.316 e. The highest BCUT2D eigenvalue weighted by atomic mass is 79.9. The summed E-state index contributed by atoms with van der Waals surface area (Å²) in [6.45, 7) is 3.80. The molecule has 1 atom stereocenters. The lowest BCUT2D eigenvalue weighted by Gasteiger charge is -2.18. The van der Waals surface area contributed by atoms with E-state index in [4.69, 9.17) is 16.3 Å². The van der Waals surface area contributed by atoms with Crippen molar-refractivity contribution in [3.8, 4) is 5.75 Å². The van der Waals surface area contributed by atoms with E-state index in [1.807, 2.05) is 13.0 Å². The van der Waals surface area contributed by atoms with E-state index in [9.17, 15) is 19.2 Å². The molecule has 0 aromatic heterocycles. The molecule has 1 fully saturated rings. The van der Waals surface area contributed by atoms with Crippen molar-refractivity contribution in [3.63, 3.8) is 0 Å². The van der Waals surface area contributed by atoms with Gasteiger partial charge in [-0.1, -0.05) is 33.6 Å². The van der Waals surface area contributed by atoms with Crippen LogP contribution >= 0.6 is 27.5 Å². The number of fused-ring (bicyclic) bond motifs is 1. The van der Waals surface area contributed by atoms with Crippen molar-refractivity contribution >= 4 is 62.6 Å². The van der Waals surface area contributed by atoms with Crippen LogP contribution in [-0.4, -0.2) is 30.2 Å². The van der Waals surface area contributed by atoms with Gasteiger partial charge in [-0.3, -0.25) is 19.2 Å². The van der Waals surface area contributed by atoms with E-state index in [-0.39, 0.29) is 24.6 Å². The number of aryl methyl sites for hydroxylation is 2. The van der Waals surface area contributed by atoms with Crippen LogP contribution in [0.2, 0.25) is 5.02 Å². The lowest BCUT2D eigenvalue weighted by atomic mass is 10.1. The summed E-state index contributed by atoms with van der Waals surface area (Å²) in [5, 5.41) is 0.549. The number of imide groups is 1. The van der Waals surface area contributed by atoms with Crippen molar-refractivity contribution in [3.05, 3.63) is 86.3 Å². The number of hydrogen-bond donors (Lipinski definition) is 0. The third kappa shape index (κ3) is 4.20. The first kappa shape index (κ1) is 24.2. The van der Waals surface area contributed by atoms with Crippen LogP contribution in [-0.2, 0) is 9.59 Å². The Kier molecular flexibility index (Phi) is 6.18. The fourth-order valence-electron chi connectivity index (χ4n) is 4.44. The van der Waals surface area contributed by atoms with Gasteiger partial charge in [-0.15, -0.1) is 0 Å². The number of nitrogens with zero attached hydrogens (tertiary/aromatic N) is 2. The molecule has 0 N–H and O–H groups in total. The van der Waals surface area contributed by atoms with Crippen LogP contribution in [0.15, 0.2) is 59.1 Å². The molecule has 2 aliphatic rings. The van der Waals surface area contributed by atoms with Gasteiger partial charge in [0, 0.05) is 28.1 Å². The molecule has 2 heterocycles. The minimum absolute atomic E-state index is 0.0337. The third-order valence-electron chi connectivity index (χ3n) is 6.40. The molecule has 0 saturated carbocycles. The van der Waals surface area contributed by atoms with Gasteiger partial charge in [0.15, 0.2) is 0 Å². The number of ether oxygens (including phenoxy) is 1. The van der Waals surface area contributed by atoms with Crippen molar-refractivity contribution in [1.82, 2.24) is 0 Å². The monoisotopic (exact) mass is 566 g/mol. The average Bonchev–Trinajstić information content (AvgIpc) is 3.33. The van der Waals surface area contributed by atoms with Crippen LogP contribution in [0.5, 0.6) is 5.75 Å². The van der Waals surface area contributed by atoms with Crippen LogP contribution in [0, 0.1) is 19.8 Å². The zero-order valence-corrected chi connectivity index (χ0v) is 21.7. The number of benzene rings is 3. The Morgan fingerprint density at radius 3 is 2.42 bits per heavy atom. The smallest absolute Gasteiger partial charge is 0.316 e. The molecule has 0 aliphatic carbocycles. The van der Waals surface area contributed by atoms with Crippen LogP contribution in [0.3, 0.4) is 0 Å². The van der Waals surface area contributed by atoms with E-state index in [2.05, 4.69) is 15.9 Å². The number of halogens is 2. The molecule has 3 aromatic rings. The molecule has 0 unspecified atom stereocenters. The zero-order chi connectivity index (χ0) is 25.7. The van der Waals surface area contributed by atoms with Crippen LogP contribution in [0.1, 0.15) is 38.3 Å². The van der Waals surface area contributed by atoms with Crippen molar-refractivity contribution in [2.75, 3.05) is 16.3 Å². The summed E-state index contributed by atoms with van der Waals surface area (Å²) in [6.07, 6.45) is 0.0337. The minimum Gasteiger partial charge on any atom is -0.426 e.